The minimum Gasteiger partial charge on any atom is -0.481 e. The summed E-state index contributed by atoms with van der Waals surface area (Å²) in [6.07, 6.45) is 0.951. The molecule has 0 heterocycles. The van der Waals surface area contributed by atoms with Gasteiger partial charge in [-0.2, -0.15) is 0 Å². The van der Waals surface area contributed by atoms with Crippen molar-refractivity contribution in [2.75, 3.05) is 13.1 Å². The molecule has 0 fully saturated rings. The summed E-state index contributed by atoms with van der Waals surface area (Å²) in [5, 5.41) is 12.0. The molecule has 3 nitrogen and oxygen atoms in total. The molecule has 0 aliphatic heterocycles. The van der Waals surface area contributed by atoms with Crippen molar-refractivity contribution in [2.45, 2.75) is 41.0 Å². The van der Waals surface area contributed by atoms with Crippen LogP contribution in [0.2, 0.25) is 0 Å². The smallest absolute Gasteiger partial charge is 0.307 e. The number of nitrogens with one attached hydrogen (secondary N) is 1. The average molecular weight is 263 g/mol. The molecule has 0 amide bonds. The first-order valence-corrected chi connectivity index (χ1v) is 6.84. The highest BCUT2D eigenvalue weighted by Gasteiger charge is 2.11. The maximum absolute atomic E-state index is 10.7. The van der Waals surface area contributed by atoms with E-state index >= 15 is 0 Å². The Morgan fingerprint density at radius 1 is 1.21 bits per heavy atom. The second kappa shape index (κ2) is 6.71. The van der Waals surface area contributed by atoms with Crippen molar-refractivity contribution in [2.24, 2.45) is 5.92 Å². The third-order valence-electron chi connectivity index (χ3n) is 3.95. The number of carboxylic acids is 1. The summed E-state index contributed by atoms with van der Waals surface area (Å²) in [4.78, 5) is 10.7. The van der Waals surface area contributed by atoms with Gasteiger partial charge in [-0.1, -0.05) is 13.0 Å². The van der Waals surface area contributed by atoms with Gasteiger partial charge in [0.15, 0.2) is 0 Å². The van der Waals surface area contributed by atoms with Crippen LogP contribution in [0.3, 0.4) is 0 Å². The van der Waals surface area contributed by atoms with E-state index in [1.807, 2.05) is 0 Å². The monoisotopic (exact) mass is 263 g/mol. The number of benzene rings is 1. The van der Waals surface area contributed by atoms with Crippen molar-refractivity contribution in [1.29, 1.82) is 0 Å². The van der Waals surface area contributed by atoms with Gasteiger partial charge in [-0.05, 0) is 68.5 Å². The lowest BCUT2D eigenvalue weighted by atomic mass is 9.92. The highest BCUT2D eigenvalue weighted by Crippen LogP contribution is 2.21. The summed E-state index contributed by atoms with van der Waals surface area (Å²) in [6, 6.07) is 2.23. The second-order valence-electron chi connectivity index (χ2n) is 5.43. The zero-order chi connectivity index (χ0) is 14.6. The van der Waals surface area contributed by atoms with Gasteiger partial charge >= 0.3 is 5.97 Å². The lowest BCUT2D eigenvalue weighted by molar-refractivity contribution is -0.140. The molecule has 1 rings (SSSR count). The molecule has 0 radical (unpaired) electrons. The SMILES string of the molecule is Cc1cc(C)c(C)c(CCNCC(C)C(=O)O)c1C. The molecular formula is C16H25NO2. The molecule has 0 aliphatic carbocycles. The van der Waals surface area contributed by atoms with E-state index in [-0.39, 0.29) is 5.92 Å². The number of aryl methyl sites for hydroxylation is 2. The molecule has 106 valence electrons. The average Bonchev–Trinajstić information content (AvgIpc) is 2.35. The number of carbonyl (C=O) groups is 1. The van der Waals surface area contributed by atoms with Crippen LogP contribution in [0.15, 0.2) is 6.07 Å². The highest BCUT2D eigenvalue weighted by atomic mass is 16.4. The van der Waals surface area contributed by atoms with E-state index in [9.17, 15) is 4.79 Å². The number of aliphatic carboxylic acids is 1. The number of rotatable bonds is 6. The van der Waals surface area contributed by atoms with Crippen molar-refractivity contribution < 1.29 is 9.90 Å². The van der Waals surface area contributed by atoms with Gasteiger partial charge in [-0.3, -0.25) is 4.79 Å². The molecule has 1 atom stereocenters. The van der Waals surface area contributed by atoms with Gasteiger partial charge in [0.1, 0.15) is 0 Å². The molecule has 0 saturated heterocycles. The number of hydrogen-bond donors (Lipinski definition) is 2. The van der Waals surface area contributed by atoms with Crippen LogP contribution in [0, 0.1) is 33.6 Å². The molecule has 0 aliphatic rings. The Labute approximate surface area is 116 Å². The molecule has 1 unspecified atom stereocenters. The van der Waals surface area contributed by atoms with Crippen LogP contribution < -0.4 is 5.32 Å². The van der Waals surface area contributed by atoms with Crippen molar-refractivity contribution in [3.8, 4) is 0 Å². The van der Waals surface area contributed by atoms with Crippen LogP contribution in [-0.4, -0.2) is 24.2 Å². The third kappa shape index (κ3) is 4.06. The van der Waals surface area contributed by atoms with Crippen molar-refractivity contribution >= 4 is 5.97 Å². The van der Waals surface area contributed by atoms with Crippen molar-refractivity contribution in [3.05, 3.63) is 33.9 Å². The van der Waals surface area contributed by atoms with E-state index in [4.69, 9.17) is 5.11 Å². The molecule has 0 spiro atoms. The molecule has 3 heteroatoms. The van der Waals surface area contributed by atoms with Crippen molar-refractivity contribution in [3.63, 3.8) is 0 Å². The summed E-state index contributed by atoms with van der Waals surface area (Å²) in [7, 11) is 0. The molecule has 19 heavy (non-hydrogen) atoms. The summed E-state index contributed by atoms with van der Waals surface area (Å²) < 4.78 is 0. The van der Waals surface area contributed by atoms with E-state index in [0.29, 0.717) is 6.54 Å². The van der Waals surface area contributed by atoms with E-state index in [0.717, 1.165) is 13.0 Å². The summed E-state index contributed by atoms with van der Waals surface area (Å²) in [5.41, 5.74) is 6.77. The van der Waals surface area contributed by atoms with Crippen LogP contribution in [0.4, 0.5) is 0 Å². The van der Waals surface area contributed by atoms with Gasteiger partial charge in [0.2, 0.25) is 0 Å². The minimum absolute atomic E-state index is 0.332. The molecule has 1 aromatic carbocycles. The van der Waals surface area contributed by atoms with Gasteiger partial charge in [0, 0.05) is 6.54 Å². The summed E-state index contributed by atoms with van der Waals surface area (Å²) in [5.74, 6) is -1.08. The third-order valence-corrected chi connectivity index (χ3v) is 3.95. The highest BCUT2D eigenvalue weighted by molar-refractivity contribution is 5.69. The number of carboxylic acid groups (broad SMARTS) is 1. The van der Waals surface area contributed by atoms with Crippen molar-refractivity contribution in [1.82, 2.24) is 5.32 Å². The van der Waals surface area contributed by atoms with Crippen LogP contribution in [0.1, 0.15) is 34.7 Å². The molecule has 1 aromatic rings. The van der Waals surface area contributed by atoms with Gasteiger partial charge in [-0.15, -0.1) is 0 Å². The normalized spacial score (nSPS) is 12.5. The fourth-order valence-corrected chi connectivity index (χ4v) is 2.29. The minimum atomic E-state index is -0.744. The largest absolute Gasteiger partial charge is 0.481 e. The van der Waals surface area contributed by atoms with Crippen LogP contribution in [-0.2, 0) is 11.2 Å². The van der Waals surface area contributed by atoms with Gasteiger partial charge < -0.3 is 10.4 Å². The van der Waals surface area contributed by atoms with E-state index in [1.54, 1.807) is 6.92 Å². The zero-order valence-electron chi connectivity index (χ0n) is 12.6. The first-order chi connectivity index (χ1) is 8.84. The van der Waals surface area contributed by atoms with E-state index in [1.165, 1.54) is 27.8 Å². The summed E-state index contributed by atoms with van der Waals surface area (Å²) in [6.45, 7) is 11.7. The maximum Gasteiger partial charge on any atom is 0.307 e. The van der Waals surface area contributed by atoms with Crippen LogP contribution in [0.25, 0.3) is 0 Å². The maximum atomic E-state index is 10.7. The number of hydrogen-bond acceptors (Lipinski definition) is 2. The topological polar surface area (TPSA) is 49.3 Å². The Balaban J connectivity index is 2.61. The van der Waals surface area contributed by atoms with Gasteiger partial charge in [-0.25, -0.2) is 0 Å². The van der Waals surface area contributed by atoms with Crippen LogP contribution in [0.5, 0.6) is 0 Å². The first kappa shape index (κ1) is 15.7. The second-order valence-corrected chi connectivity index (χ2v) is 5.43. The molecule has 0 saturated carbocycles. The van der Waals surface area contributed by atoms with Gasteiger partial charge in [0.25, 0.3) is 0 Å². The van der Waals surface area contributed by atoms with E-state index in [2.05, 4.69) is 39.1 Å². The predicted octanol–water partition coefficient (Wildman–Crippen LogP) is 2.77. The Morgan fingerprint density at radius 3 is 2.21 bits per heavy atom. The van der Waals surface area contributed by atoms with Crippen LogP contribution >= 0.6 is 0 Å². The summed E-state index contributed by atoms with van der Waals surface area (Å²) >= 11 is 0. The van der Waals surface area contributed by atoms with E-state index < -0.39 is 5.97 Å². The Bertz CT molecular complexity index is 440. The Morgan fingerprint density at radius 2 is 1.74 bits per heavy atom. The quantitative estimate of drug-likeness (QED) is 0.776. The fourth-order valence-electron chi connectivity index (χ4n) is 2.29. The molecule has 0 aromatic heterocycles. The molecule has 0 bridgehead atoms. The molecular weight excluding hydrogens is 238 g/mol. The molecule has 2 N–H and O–H groups in total. The predicted molar refractivity (Wildman–Crippen MR) is 78.8 cm³/mol. The fraction of sp³-hybridized carbons (Fsp3) is 0.562. The van der Waals surface area contributed by atoms with Gasteiger partial charge in [0.05, 0.1) is 5.92 Å². The standard InChI is InChI=1S/C16H25NO2/c1-10-8-11(2)14(5)15(13(10)4)6-7-17-9-12(3)16(18)19/h8,12,17H,6-7,9H2,1-5H3,(H,18,19). The Hall–Kier alpha value is -1.35. The first-order valence-electron chi connectivity index (χ1n) is 6.84. The lowest BCUT2D eigenvalue weighted by Crippen LogP contribution is -2.28. The Kier molecular flexibility index (Phi) is 5.55. The lowest BCUT2D eigenvalue weighted by Gasteiger charge is -2.16. The zero-order valence-corrected chi connectivity index (χ0v) is 12.6.